The van der Waals surface area contributed by atoms with Gasteiger partial charge in [-0.25, -0.2) is 0 Å². The Hall–Kier alpha value is -6.74. The Morgan fingerprint density at radius 1 is 0.373 bits per heavy atom. The maximum absolute atomic E-state index is 11.8. The Kier molecular flexibility index (Phi) is 7.60. The van der Waals surface area contributed by atoms with E-state index in [0.717, 1.165) is 11.1 Å². The lowest BCUT2D eigenvalue weighted by atomic mass is 9.81. The number of rotatable bonds is 6. The molecule has 0 saturated heterocycles. The van der Waals surface area contributed by atoms with Crippen LogP contribution in [0.2, 0.25) is 0 Å². The summed E-state index contributed by atoms with van der Waals surface area (Å²) >= 11 is 0. The summed E-state index contributed by atoms with van der Waals surface area (Å²) in [5.41, 5.74) is 5.01. The van der Waals surface area contributed by atoms with Gasteiger partial charge in [0.05, 0.1) is 11.8 Å². The number of phenolic OH excluding ortho intramolecular Hbond substituents is 7. The molecule has 0 aliphatic carbocycles. The van der Waals surface area contributed by atoms with E-state index in [1.807, 2.05) is 18.2 Å². The third kappa shape index (κ3) is 5.84. The fourth-order valence-electron chi connectivity index (χ4n) is 7.18. The normalized spacial score (nSPS) is 19.0. The summed E-state index contributed by atoms with van der Waals surface area (Å²) in [6.07, 6.45) is 2.33. The van der Waals surface area contributed by atoms with E-state index >= 15 is 0 Å². The monoisotopic (exact) mass is 680 g/mol. The molecule has 2 aliphatic rings. The average molecular weight is 681 g/mol. The van der Waals surface area contributed by atoms with Gasteiger partial charge in [-0.15, -0.1) is 0 Å². The quantitative estimate of drug-likeness (QED) is 0.0858. The molecule has 0 bridgehead atoms. The minimum Gasteiger partial charge on any atom is -0.508 e. The van der Waals surface area contributed by atoms with Crippen LogP contribution in [0.4, 0.5) is 0 Å². The van der Waals surface area contributed by atoms with Crippen molar-refractivity contribution in [2.24, 2.45) is 0 Å². The summed E-state index contributed by atoms with van der Waals surface area (Å²) in [6.45, 7) is 0. The van der Waals surface area contributed by atoms with Crippen LogP contribution >= 0.6 is 0 Å². The fraction of sp³-hybridized carbons (Fsp3) is 0.0952. The zero-order valence-electron chi connectivity index (χ0n) is 26.9. The van der Waals surface area contributed by atoms with Gasteiger partial charge in [0.15, 0.2) is 0 Å². The molecular weight excluding hydrogens is 648 g/mol. The van der Waals surface area contributed by atoms with Gasteiger partial charge in [-0.3, -0.25) is 0 Å². The van der Waals surface area contributed by atoms with Crippen molar-refractivity contribution < 1.29 is 45.2 Å². The van der Waals surface area contributed by atoms with E-state index in [9.17, 15) is 35.7 Å². The molecule has 254 valence electrons. The molecule has 6 aromatic rings. The highest BCUT2D eigenvalue weighted by atomic mass is 16.5. The van der Waals surface area contributed by atoms with Crippen molar-refractivity contribution in [3.05, 3.63) is 160 Å². The molecule has 0 radical (unpaired) electrons. The third-order valence-electron chi connectivity index (χ3n) is 9.47. The lowest BCUT2D eigenvalue weighted by molar-refractivity contribution is 0.218. The molecular formula is C42H32O9. The van der Waals surface area contributed by atoms with E-state index in [-0.39, 0.29) is 40.2 Å². The summed E-state index contributed by atoms with van der Waals surface area (Å²) < 4.78 is 13.1. The van der Waals surface area contributed by atoms with Gasteiger partial charge in [0.1, 0.15) is 64.0 Å². The highest BCUT2D eigenvalue weighted by molar-refractivity contribution is 5.73. The zero-order valence-corrected chi connectivity index (χ0v) is 26.9. The number of benzene rings is 6. The Bertz CT molecular complexity index is 2270. The van der Waals surface area contributed by atoms with Crippen molar-refractivity contribution >= 4 is 12.2 Å². The number of hydrogen-bond acceptors (Lipinski definition) is 9. The minimum atomic E-state index is -0.695. The molecule has 51 heavy (non-hydrogen) atoms. The molecule has 9 nitrogen and oxygen atoms in total. The van der Waals surface area contributed by atoms with Crippen LogP contribution < -0.4 is 9.47 Å². The summed E-state index contributed by atoms with van der Waals surface area (Å²) in [4.78, 5) is 0. The molecule has 7 N–H and O–H groups in total. The van der Waals surface area contributed by atoms with Crippen LogP contribution in [-0.2, 0) is 0 Å². The maximum Gasteiger partial charge on any atom is 0.135 e. The van der Waals surface area contributed by atoms with Gasteiger partial charge in [-0.1, -0.05) is 48.6 Å². The van der Waals surface area contributed by atoms with Crippen LogP contribution in [0, 0.1) is 0 Å². The van der Waals surface area contributed by atoms with Gasteiger partial charge in [0.2, 0.25) is 0 Å². The Morgan fingerprint density at radius 3 is 1.33 bits per heavy atom. The van der Waals surface area contributed by atoms with Crippen LogP contribution in [0.3, 0.4) is 0 Å². The summed E-state index contributed by atoms with van der Waals surface area (Å²) in [5, 5.41) is 73.8. The zero-order chi connectivity index (χ0) is 35.4. The lowest BCUT2D eigenvalue weighted by Gasteiger charge is -2.22. The van der Waals surface area contributed by atoms with Gasteiger partial charge in [-0.2, -0.15) is 0 Å². The minimum absolute atomic E-state index is 0.0138. The highest BCUT2D eigenvalue weighted by Crippen LogP contribution is 2.58. The average Bonchev–Trinajstić information content (AvgIpc) is 3.68. The van der Waals surface area contributed by atoms with E-state index in [0.29, 0.717) is 44.9 Å². The first kappa shape index (κ1) is 31.5. The van der Waals surface area contributed by atoms with E-state index in [1.54, 1.807) is 78.9 Å². The SMILES string of the molecule is Oc1ccc(/C=C/c2cc(O)c3c(c2)O[C@H](c2ccc(O)cc2)[C@H]3c2cc(O)c3c(c2)O[C@H](c2ccc(O)cc2)[C@@H]3c2cc(O)cc(O)c2)cc1. The van der Waals surface area contributed by atoms with Crippen molar-refractivity contribution in [2.75, 3.05) is 0 Å². The molecule has 0 unspecified atom stereocenters. The Balaban J connectivity index is 1.24. The van der Waals surface area contributed by atoms with E-state index in [4.69, 9.17) is 9.47 Å². The van der Waals surface area contributed by atoms with Crippen molar-refractivity contribution in [3.8, 4) is 51.7 Å². The van der Waals surface area contributed by atoms with Crippen LogP contribution in [0.5, 0.6) is 51.7 Å². The van der Waals surface area contributed by atoms with Gasteiger partial charge < -0.3 is 45.2 Å². The number of hydrogen-bond donors (Lipinski definition) is 7. The van der Waals surface area contributed by atoms with Gasteiger partial charge in [-0.05, 0) is 106 Å². The Morgan fingerprint density at radius 2 is 0.804 bits per heavy atom. The predicted molar refractivity (Wildman–Crippen MR) is 190 cm³/mol. The topological polar surface area (TPSA) is 160 Å². The van der Waals surface area contributed by atoms with E-state index in [2.05, 4.69) is 0 Å². The molecule has 0 fully saturated rings. The first-order valence-electron chi connectivity index (χ1n) is 16.3. The highest BCUT2D eigenvalue weighted by Gasteiger charge is 2.43. The molecule has 0 saturated carbocycles. The second-order valence-corrected chi connectivity index (χ2v) is 12.8. The first-order valence-corrected chi connectivity index (χ1v) is 16.3. The van der Waals surface area contributed by atoms with Crippen LogP contribution in [0.25, 0.3) is 12.2 Å². The third-order valence-corrected chi connectivity index (χ3v) is 9.47. The van der Waals surface area contributed by atoms with Crippen LogP contribution in [0.15, 0.2) is 115 Å². The second-order valence-electron chi connectivity index (χ2n) is 12.8. The molecule has 2 aliphatic heterocycles. The fourth-order valence-corrected chi connectivity index (χ4v) is 7.18. The van der Waals surface area contributed by atoms with E-state index in [1.165, 1.54) is 30.3 Å². The lowest BCUT2D eigenvalue weighted by Crippen LogP contribution is -2.11. The number of fused-ring (bicyclic) bond motifs is 2. The molecule has 2 heterocycles. The number of phenols is 7. The Labute approximate surface area is 292 Å². The number of ether oxygens (including phenoxy) is 2. The molecule has 0 amide bonds. The molecule has 9 heteroatoms. The van der Waals surface area contributed by atoms with Crippen molar-refractivity contribution in [3.63, 3.8) is 0 Å². The first-order chi connectivity index (χ1) is 24.6. The van der Waals surface area contributed by atoms with Gasteiger partial charge >= 0.3 is 0 Å². The summed E-state index contributed by atoms with van der Waals surface area (Å²) in [5.74, 6) is -0.540. The van der Waals surface area contributed by atoms with Crippen molar-refractivity contribution in [1.29, 1.82) is 0 Å². The van der Waals surface area contributed by atoms with Gasteiger partial charge in [0, 0.05) is 17.2 Å². The molecule has 6 aromatic carbocycles. The second kappa shape index (κ2) is 12.3. The predicted octanol–water partition coefficient (Wildman–Crippen LogP) is 8.33. The van der Waals surface area contributed by atoms with Crippen molar-refractivity contribution in [2.45, 2.75) is 24.0 Å². The van der Waals surface area contributed by atoms with E-state index < -0.39 is 24.0 Å². The number of aromatic hydroxyl groups is 7. The smallest absolute Gasteiger partial charge is 0.135 e. The summed E-state index contributed by atoms with van der Waals surface area (Å²) in [7, 11) is 0. The van der Waals surface area contributed by atoms with Crippen LogP contribution in [0.1, 0.15) is 68.6 Å². The molecule has 0 aromatic heterocycles. The standard InChI is InChI=1S/C42H32O9/c43-28-9-3-22(4-10-28)1-2-23-15-33(48)39-35(16-23)50-42(25-7-13-30(45)14-8-25)38(39)27-19-34(49)40-36(20-27)51-41(24-5-11-29(44)12-6-24)37(40)26-17-31(46)21-32(47)18-26/h1-21,37-38,41-49H/b2-1+/t37-,38+,41-,42-/m1/s1. The molecule has 4 atom stereocenters. The largest absolute Gasteiger partial charge is 0.508 e. The molecule has 0 spiro atoms. The van der Waals surface area contributed by atoms with Crippen LogP contribution in [-0.4, -0.2) is 35.7 Å². The van der Waals surface area contributed by atoms with Crippen molar-refractivity contribution in [1.82, 2.24) is 0 Å². The van der Waals surface area contributed by atoms with Gasteiger partial charge in [0.25, 0.3) is 0 Å². The molecule has 8 rings (SSSR count). The maximum atomic E-state index is 11.8. The summed E-state index contributed by atoms with van der Waals surface area (Å²) in [6, 6.07) is 31.0.